The molecule has 2 aromatic rings. The van der Waals surface area contributed by atoms with E-state index in [0.29, 0.717) is 0 Å². The van der Waals surface area contributed by atoms with Crippen LogP contribution in [0.4, 0.5) is 5.82 Å². The lowest BCUT2D eigenvalue weighted by atomic mass is 9.84. The second-order valence-corrected chi connectivity index (χ2v) is 5.91. The van der Waals surface area contributed by atoms with Crippen LogP contribution in [0.5, 0.6) is 5.75 Å². The van der Waals surface area contributed by atoms with Crippen LogP contribution >= 0.6 is 0 Å². The van der Waals surface area contributed by atoms with E-state index in [1.807, 2.05) is 26.0 Å². The summed E-state index contributed by atoms with van der Waals surface area (Å²) in [4.78, 5) is 8.84. The maximum Gasteiger partial charge on any atom is 0.147 e. The van der Waals surface area contributed by atoms with Crippen molar-refractivity contribution >= 4 is 5.82 Å². The van der Waals surface area contributed by atoms with Crippen molar-refractivity contribution in [3.8, 4) is 5.75 Å². The van der Waals surface area contributed by atoms with E-state index in [0.717, 1.165) is 29.5 Å². The van der Waals surface area contributed by atoms with E-state index < -0.39 is 0 Å². The molecule has 2 rings (SSSR count). The first kappa shape index (κ1) is 15.3. The lowest BCUT2D eigenvalue weighted by molar-refractivity contribution is 0.414. The number of ether oxygens (including phenoxy) is 1. The summed E-state index contributed by atoms with van der Waals surface area (Å²) in [7, 11) is 1.68. The molecule has 21 heavy (non-hydrogen) atoms. The van der Waals surface area contributed by atoms with Crippen LogP contribution in [-0.2, 0) is 5.41 Å². The van der Waals surface area contributed by atoms with Crippen LogP contribution in [0.2, 0.25) is 0 Å². The molecule has 0 saturated carbocycles. The van der Waals surface area contributed by atoms with Gasteiger partial charge in [0.25, 0.3) is 0 Å². The minimum atomic E-state index is -0.00978. The first-order valence-electron chi connectivity index (χ1n) is 7.11. The Hall–Kier alpha value is -2.10. The van der Waals surface area contributed by atoms with Gasteiger partial charge >= 0.3 is 0 Å². The van der Waals surface area contributed by atoms with Crippen molar-refractivity contribution in [3.05, 3.63) is 47.4 Å². The smallest absolute Gasteiger partial charge is 0.147 e. The topological polar surface area (TPSA) is 47.0 Å². The van der Waals surface area contributed by atoms with Crippen molar-refractivity contribution in [2.45, 2.75) is 33.1 Å². The largest absolute Gasteiger partial charge is 0.497 e. The van der Waals surface area contributed by atoms with Crippen molar-refractivity contribution in [1.29, 1.82) is 0 Å². The minimum Gasteiger partial charge on any atom is -0.497 e. The van der Waals surface area contributed by atoms with E-state index in [-0.39, 0.29) is 5.41 Å². The highest BCUT2D eigenvalue weighted by molar-refractivity contribution is 5.41. The van der Waals surface area contributed by atoms with E-state index in [2.05, 4.69) is 41.3 Å². The molecule has 1 N–H and O–H groups in total. The molecular weight excluding hydrogens is 262 g/mol. The number of hydrogen-bond acceptors (Lipinski definition) is 4. The van der Waals surface area contributed by atoms with Gasteiger partial charge in [0.05, 0.1) is 18.5 Å². The number of methoxy groups -OCH3 is 1. The zero-order valence-electron chi connectivity index (χ0n) is 13.4. The molecule has 1 aromatic heterocycles. The number of benzene rings is 1. The van der Waals surface area contributed by atoms with Gasteiger partial charge in [0, 0.05) is 18.2 Å². The third kappa shape index (κ3) is 3.72. The van der Waals surface area contributed by atoms with E-state index >= 15 is 0 Å². The molecule has 4 heteroatoms. The molecule has 0 bridgehead atoms. The van der Waals surface area contributed by atoms with Crippen molar-refractivity contribution in [2.75, 3.05) is 19.0 Å². The number of anilines is 1. The Morgan fingerprint density at radius 1 is 1.14 bits per heavy atom. The third-order valence-corrected chi connectivity index (χ3v) is 3.65. The number of nitrogens with zero attached hydrogens (tertiary/aromatic N) is 2. The zero-order valence-corrected chi connectivity index (χ0v) is 13.4. The fourth-order valence-electron chi connectivity index (χ4n) is 2.15. The summed E-state index contributed by atoms with van der Waals surface area (Å²) in [5.74, 6) is 1.74. The molecule has 112 valence electrons. The molecule has 1 heterocycles. The number of nitrogens with one attached hydrogen (secondary N) is 1. The first-order chi connectivity index (χ1) is 9.92. The Bertz CT molecular complexity index is 606. The average Bonchev–Trinajstić information content (AvgIpc) is 2.48. The minimum absolute atomic E-state index is 0.00978. The monoisotopic (exact) mass is 285 g/mol. The molecule has 0 unspecified atom stereocenters. The third-order valence-electron chi connectivity index (χ3n) is 3.65. The van der Waals surface area contributed by atoms with E-state index in [1.54, 1.807) is 13.3 Å². The maximum absolute atomic E-state index is 5.21. The number of rotatable bonds is 5. The lowest BCUT2D eigenvalue weighted by Crippen LogP contribution is -2.28. The first-order valence-corrected chi connectivity index (χ1v) is 7.11. The molecule has 0 aliphatic heterocycles. The number of aromatic nitrogens is 2. The van der Waals surface area contributed by atoms with Crippen LogP contribution in [-0.4, -0.2) is 23.6 Å². The maximum atomic E-state index is 5.21. The fourth-order valence-corrected chi connectivity index (χ4v) is 2.15. The van der Waals surface area contributed by atoms with E-state index in [4.69, 9.17) is 4.74 Å². The highest BCUT2D eigenvalue weighted by Crippen LogP contribution is 2.25. The SMILES string of the molecule is COc1ccc(C(C)(C)CNc2nc(C)cnc2C)cc1. The van der Waals surface area contributed by atoms with Gasteiger partial charge in [-0.05, 0) is 31.5 Å². The second-order valence-electron chi connectivity index (χ2n) is 5.91. The van der Waals surface area contributed by atoms with Crippen molar-refractivity contribution in [1.82, 2.24) is 9.97 Å². The molecule has 0 spiro atoms. The number of hydrogen-bond donors (Lipinski definition) is 1. The average molecular weight is 285 g/mol. The van der Waals surface area contributed by atoms with Gasteiger partial charge < -0.3 is 10.1 Å². The normalized spacial score (nSPS) is 11.3. The molecule has 0 saturated heterocycles. The van der Waals surface area contributed by atoms with Gasteiger partial charge in [0.1, 0.15) is 11.6 Å². The van der Waals surface area contributed by atoms with Crippen LogP contribution in [0.25, 0.3) is 0 Å². The number of aryl methyl sites for hydroxylation is 2. The lowest BCUT2D eigenvalue weighted by Gasteiger charge is -2.26. The van der Waals surface area contributed by atoms with Crippen molar-refractivity contribution in [2.24, 2.45) is 0 Å². The van der Waals surface area contributed by atoms with Crippen LogP contribution in [0, 0.1) is 13.8 Å². The summed E-state index contributed by atoms with van der Waals surface area (Å²) in [5, 5.41) is 3.42. The molecule has 0 fully saturated rings. The Balaban J connectivity index is 2.11. The molecule has 0 atom stereocenters. The van der Waals surface area contributed by atoms with Crippen LogP contribution in [0.1, 0.15) is 30.8 Å². The van der Waals surface area contributed by atoms with Crippen molar-refractivity contribution in [3.63, 3.8) is 0 Å². The highest BCUT2D eigenvalue weighted by atomic mass is 16.5. The summed E-state index contributed by atoms with van der Waals surface area (Å²) in [6.07, 6.45) is 1.79. The summed E-state index contributed by atoms with van der Waals surface area (Å²) < 4.78 is 5.21. The van der Waals surface area contributed by atoms with Gasteiger partial charge in [-0.2, -0.15) is 0 Å². The Morgan fingerprint density at radius 2 is 1.81 bits per heavy atom. The Kier molecular flexibility index (Phi) is 4.46. The predicted molar refractivity (Wildman–Crippen MR) is 86.0 cm³/mol. The van der Waals surface area contributed by atoms with Gasteiger partial charge in [0.2, 0.25) is 0 Å². The molecular formula is C17H23N3O. The highest BCUT2D eigenvalue weighted by Gasteiger charge is 2.21. The quantitative estimate of drug-likeness (QED) is 0.913. The zero-order chi connectivity index (χ0) is 15.5. The molecule has 0 aliphatic carbocycles. The van der Waals surface area contributed by atoms with E-state index in [9.17, 15) is 0 Å². The Morgan fingerprint density at radius 3 is 2.43 bits per heavy atom. The summed E-state index contributed by atoms with van der Waals surface area (Å²) in [6.45, 7) is 9.13. The molecule has 4 nitrogen and oxygen atoms in total. The molecule has 1 aromatic carbocycles. The van der Waals surface area contributed by atoms with Gasteiger partial charge in [-0.1, -0.05) is 26.0 Å². The predicted octanol–water partition coefficient (Wildman–Crippen LogP) is 3.49. The van der Waals surface area contributed by atoms with Gasteiger partial charge in [0.15, 0.2) is 0 Å². The standard InChI is InChI=1S/C17H23N3O/c1-12-10-18-13(2)16(20-12)19-11-17(3,4)14-6-8-15(21-5)9-7-14/h6-10H,11H2,1-5H3,(H,19,20). The summed E-state index contributed by atoms with van der Waals surface area (Å²) in [6, 6.07) is 8.20. The van der Waals surface area contributed by atoms with Crippen LogP contribution in [0.3, 0.4) is 0 Å². The van der Waals surface area contributed by atoms with Crippen LogP contribution < -0.4 is 10.1 Å². The summed E-state index contributed by atoms with van der Waals surface area (Å²) in [5.41, 5.74) is 3.09. The fraction of sp³-hybridized carbons (Fsp3) is 0.412. The Labute approximate surface area is 126 Å². The summed E-state index contributed by atoms with van der Waals surface area (Å²) >= 11 is 0. The van der Waals surface area contributed by atoms with E-state index in [1.165, 1.54) is 5.56 Å². The molecule has 0 amide bonds. The molecule has 0 radical (unpaired) electrons. The van der Waals surface area contributed by atoms with Crippen molar-refractivity contribution < 1.29 is 4.74 Å². The van der Waals surface area contributed by atoms with Gasteiger partial charge in [-0.25, -0.2) is 4.98 Å². The molecule has 0 aliphatic rings. The van der Waals surface area contributed by atoms with Gasteiger partial charge in [-0.15, -0.1) is 0 Å². The van der Waals surface area contributed by atoms with Gasteiger partial charge in [-0.3, -0.25) is 4.98 Å². The second kappa shape index (κ2) is 6.12. The van der Waals surface area contributed by atoms with Crippen LogP contribution in [0.15, 0.2) is 30.5 Å².